The number of amides is 3. The van der Waals surface area contributed by atoms with Gasteiger partial charge in [0.05, 0.1) is 23.1 Å². The van der Waals surface area contributed by atoms with Crippen molar-refractivity contribution < 1.29 is 32.4 Å². The Bertz CT molecular complexity index is 1980. The molecule has 1 aromatic rings. The number of nitrogens with one attached hydrogen (secondary N) is 3. The molecule has 13 heteroatoms. The van der Waals surface area contributed by atoms with Crippen LogP contribution in [0.15, 0.2) is 36.9 Å². The number of Topliss-reactive ketones (excluding diaryl/α,β-unsaturated/α-hetero) is 2. The molecule has 4 aliphatic carbocycles. The minimum absolute atomic E-state index is 0.0166. The molecule has 6 atom stereocenters. The SMILES string of the molecule is C=C[C@@H]1C[C@]1(CC(=O)[C@@H]1C[C@@]2(CN1C(=O)[C@@H](CC(=O)[C@@H](NC(=O)c1ccccc1NC)C1CCCCC1)C(C)(C)C)C(C)(C)C21CCC1)C(=O)NS(=O)(=O)N1CCCC1. The summed E-state index contributed by atoms with van der Waals surface area (Å²) >= 11 is 0. The molecule has 7 rings (SSSR count). The first kappa shape index (κ1) is 43.5. The quantitative estimate of drug-likeness (QED) is 0.170. The summed E-state index contributed by atoms with van der Waals surface area (Å²) in [6.07, 6.45) is 11.3. The van der Waals surface area contributed by atoms with Crippen molar-refractivity contribution in [1.82, 2.24) is 19.2 Å². The van der Waals surface area contributed by atoms with Crippen LogP contribution in [0.25, 0.3) is 0 Å². The molecule has 0 radical (unpaired) electrons. The minimum Gasteiger partial charge on any atom is -0.387 e. The lowest BCUT2D eigenvalue weighted by Gasteiger charge is -2.37. The van der Waals surface area contributed by atoms with E-state index in [-0.39, 0.29) is 64.3 Å². The van der Waals surface area contributed by atoms with Gasteiger partial charge in [-0.1, -0.05) is 78.5 Å². The maximum atomic E-state index is 15.3. The molecule has 3 amide bonds. The number of hydrogen-bond acceptors (Lipinski definition) is 8. The Morgan fingerprint density at radius 2 is 1.59 bits per heavy atom. The number of rotatable bonds is 15. The summed E-state index contributed by atoms with van der Waals surface area (Å²) in [7, 11) is -2.32. The number of anilines is 1. The van der Waals surface area contributed by atoms with Crippen molar-refractivity contribution in [2.24, 2.45) is 44.8 Å². The first-order valence-corrected chi connectivity index (χ1v) is 23.6. The number of benzene rings is 1. The molecule has 3 N–H and O–H groups in total. The molecule has 6 aliphatic rings. The maximum Gasteiger partial charge on any atom is 0.303 e. The molecule has 0 aromatic heterocycles. The van der Waals surface area contributed by atoms with Crippen LogP contribution >= 0.6 is 0 Å². The van der Waals surface area contributed by atoms with Gasteiger partial charge in [0.2, 0.25) is 11.8 Å². The van der Waals surface area contributed by atoms with Gasteiger partial charge in [0.15, 0.2) is 11.6 Å². The van der Waals surface area contributed by atoms with E-state index in [1.54, 1.807) is 30.2 Å². The highest BCUT2D eigenvalue weighted by Crippen LogP contribution is 2.88. The molecule has 2 aliphatic heterocycles. The minimum atomic E-state index is -4.07. The molecule has 2 heterocycles. The van der Waals surface area contributed by atoms with Crippen LogP contribution in [0.5, 0.6) is 0 Å². The van der Waals surface area contributed by atoms with Gasteiger partial charge in [0.25, 0.3) is 5.91 Å². The van der Waals surface area contributed by atoms with Crippen LogP contribution in [-0.4, -0.2) is 85.7 Å². The van der Waals surface area contributed by atoms with E-state index in [2.05, 4.69) is 35.8 Å². The Morgan fingerprint density at radius 1 is 0.932 bits per heavy atom. The highest BCUT2D eigenvalue weighted by Gasteiger charge is 2.85. The van der Waals surface area contributed by atoms with E-state index >= 15 is 4.79 Å². The van der Waals surface area contributed by atoms with Crippen molar-refractivity contribution in [3.63, 3.8) is 0 Å². The third kappa shape index (κ3) is 7.37. The number of hydrogen-bond donors (Lipinski definition) is 3. The third-order valence-corrected chi connectivity index (χ3v) is 17.9. The van der Waals surface area contributed by atoms with Gasteiger partial charge in [-0.25, -0.2) is 4.72 Å². The van der Waals surface area contributed by atoms with Gasteiger partial charge in [-0.2, -0.15) is 12.7 Å². The second-order valence-electron chi connectivity index (χ2n) is 20.5. The third-order valence-electron chi connectivity index (χ3n) is 16.4. The number of carbonyl (C=O) groups excluding carboxylic acids is 5. The van der Waals surface area contributed by atoms with Crippen molar-refractivity contribution in [3.8, 4) is 0 Å². The van der Waals surface area contributed by atoms with Gasteiger partial charge in [0, 0.05) is 56.5 Å². The van der Waals surface area contributed by atoms with Crippen LogP contribution in [0.1, 0.15) is 135 Å². The van der Waals surface area contributed by atoms with E-state index in [0.29, 0.717) is 43.7 Å². The average molecular weight is 834 g/mol. The number of nitrogens with zero attached hydrogens (tertiary/aromatic N) is 2. The molecule has 6 fully saturated rings. The zero-order valence-corrected chi connectivity index (χ0v) is 37.0. The van der Waals surface area contributed by atoms with Crippen LogP contribution in [-0.2, 0) is 29.4 Å². The van der Waals surface area contributed by atoms with Crippen LogP contribution in [0.4, 0.5) is 5.69 Å². The summed E-state index contributed by atoms with van der Waals surface area (Å²) in [6.45, 7) is 15.4. The summed E-state index contributed by atoms with van der Waals surface area (Å²) in [6, 6.07) is 5.61. The number of allylic oxidation sites excluding steroid dienone is 1. The van der Waals surface area contributed by atoms with Gasteiger partial charge < -0.3 is 15.5 Å². The standard InChI is InChI=1S/C46H67N5O7S/c1-8-31-26-44(31,41(56)49-59(57,58)50-23-14-15-24-50)28-37(53)35-27-46(43(5,6)45(46)21-16-22-45)29-51(35)40(55)33(42(2,3)4)25-36(52)38(30-17-10-9-11-18-30)48-39(54)32-19-12-13-20-34(32)47-7/h8,12-13,19-20,30-31,33,35,38,47H,1,9-11,14-18,21-29H2,2-7H3,(H,48,54)(H,49,56)/t31-,33-,35+,38+,44-,46-/m1/s1. The van der Waals surface area contributed by atoms with Gasteiger partial charge in [0.1, 0.15) is 0 Å². The van der Waals surface area contributed by atoms with E-state index in [9.17, 15) is 27.6 Å². The average Bonchev–Trinajstić information content (AvgIpc) is 3.64. The Balaban J connectivity index is 1.16. The summed E-state index contributed by atoms with van der Waals surface area (Å²) in [5.74, 6) is -2.92. The topological polar surface area (TPSA) is 162 Å². The van der Waals surface area contributed by atoms with Crippen molar-refractivity contribution >= 4 is 45.2 Å². The second-order valence-corrected chi connectivity index (χ2v) is 22.1. The molecule has 4 saturated carbocycles. The van der Waals surface area contributed by atoms with Crippen molar-refractivity contribution in [2.75, 3.05) is 32.0 Å². The van der Waals surface area contributed by atoms with E-state index in [0.717, 1.165) is 64.2 Å². The molecule has 59 heavy (non-hydrogen) atoms. The Morgan fingerprint density at radius 3 is 2.15 bits per heavy atom. The summed E-state index contributed by atoms with van der Waals surface area (Å²) < 4.78 is 30.0. The number of carbonyl (C=O) groups is 5. The van der Waals surface area contributed by atoms with Crippen LogP contribution in [0, 0.1) is 44.8 Å². The Labute approximate surface area is 351 Å². The van der Waals surface area contributed by atoms with Gasteiger partial charge in [-0.15, -0.1) is 6.58 Å². The lowest BCUT2D eigenvalue weighted by molar-refractivity contribution is -0.146. The predicted octanol–water partition coefficient (Wildman–Crippen LogP) is 6.43. The van der Waals surface area contributed by atoms with Gasteiger partial charge in [-0.3, -0.25) is 24.0 Å². The lowest BCUT2D eigenvalue weighted by atomic mass is 9.73. The van der Waals surface area contributed by atoms with Crippen LogP contribution in [0.3, 0.4) is 0 Å². The van der Waals surface area contributed by atoms with Crippen molar-refractivity contribution in [1.29, 1.82) is 0 Å². The molecule has 324 valence electrons. The van der Waals surface area contributed by atoms with Gasteiger partial charge >= 0.3 is 10.2 Å². The molecule has 2 saturated heterocycles. The maximum absolute atomic E-state index is 15.3. The molecule has 1 aromatic carbocycles. The van der Waals surface area contributed by atoms with E-state index < -0.39 is 44.9 Å². The Hall–Kier alpha value is -3.58. The predicted molar refractivity (Wildman–Crippen MR) is 227 cm³/mol. The van der Waals surface area contributed by atoms with Gasteiger partial charge in [-0.05, 0) is 91.6 Å². The molecule has 12 nitrogen and oxygen atoms in total. The zero-order valence-electron chi connectivity index (χ0n) is 36.2. The molecule has 0 unspecified atom stereocenters. The fourth-order valence-electron chi connectivity index (χ4n) is 12.3. The lowest BCUT2D eigenvalue weighted by Crippen LogP contribution is -2.51. The fraction of sp³-hybridized carbons (Fsp3) is 0.717. The molecular formula is C46H67N5O7S. The summed E-state index contributed by atoms with van der Waals surface area (Å²) in [4.78, 5) is 74.4. The fourth-order valence-corrected chi connectivity index (χ4v) is 13.6. The summed E-state index contributed by atoms with van der Waals surface area (Å²) in [5, 5.41) is 6.19. The van der Waals surface area contributed by atoms with E-state index in [1.807, 2.05) is 32.9 Å². The summed E-state index contributed by atoms with van der Waals surface area (Å²) in [5.41, 5.74) is -1.20. The number of likely N-dealkylation sites (tertiary alicyclic amines) is 1. The van der Waals surface area contributed by atoms with Crippen molar-refractivity contribution in [2.45, 2.75) is 137 Å². The molecular weight excluding hydrogens is 767 g/mol. The number of fused-ring (bicyclic) bond motifs is 1. The Kier molecular flexibility index (Phi) is 11.6. The first-order valence-electron chi connectivity index (χ1n) is 22.2. The number of ketones is 2. The first-order chi connectivity index (χ1) is 27.8. The van der Waals surface area contributed by atoms with Crippen molar-refractivity contribution in [3.05, 3.63) is 42.5 Å². The normalized spacial score (nSPS) is 29.6. The largest absolute Gasteiger partial charge is 0.387 e. The second kappa shape index (κ2) is 15.7. The van der Waals surface area contributed by atoms with Crippen LogP contribution in [0.2, 0.25) is 0 Å². The monoisotopic (exact) mass is 833 g/mol. The highest BCUT2D eigenvalue weighted by atomic mass is 32.2. The van der Waals surface area contributed by atoms with E-state index in [4.69, 9.17) is 0 Å². The van der Waals surface area contributed by atoms with Crippen LogP contribution < -0.4 is 15.4 Å². The number of para-hydroxylation sites is 1. The molecule has 0 bridgehead atoms. The zero-order chi connectivity index (χ0) is 42.8. The smallest absolute Gasteiger partial charge is 0.303 e. The van der Waals surface area contributed by atoms with E-state index in [1.165, 1.54) is 4.31 Å². The molecule has 2 spiro atoms. The highest BCUT2D eigenvalue weighted by molar-refractivity contribution is 7.87.